The van der Waals surface area contributed by atoms with E-state index in [1.807, 2.05) is 24.3 Å². The standard InChI is InChI=1S/C20H19F3N4O2/c21-20(22,23)29-13-7-8-16(17(28)10-13)18-14-5-1-2-6-15(14)19(27-26-18)25-12-4-3-9-24-11-12/h1-2,5-8,10,12,24,28H,3-4,9,11H2,(H,25,27). The topological polar surface area (TPSA) is 79.3 Å². The first-order valence-electron chi connectivity index (χ1n) is 9.22. The van der Waals surface area contributed by atoms with Gasteiger partial charge in [-0.2, -0.15) is 0 Å². The van der Waals surface area contributed by atoms with Crippen LogP contribution in [-0.2, 0) is 0 Å². The number of phenols is 1. The Bertz CT molecular complexity index is 1020. The third kappa shape index (κ3) is 4.34. The van der Waals surface area contributed by atoms with Crippen LogP contribution in [0.2, 0.25) is 0 Å². The molecule has 9 heteroatoms. The molecule has 1 saturated heterocycles. The zero-order valence-electron chi connectivity index (χ0n) is 15.3. The average molecular weight is 404 g/mol. The summed E-state index contributed by atoms with van der Waals surface area (Å²) in [7, 11) is 0. The highest BCUT2D eigenvalue weighted by Crippen LogP contribution is 2.37. The van der Waals surface area contributed by atoms with Gasteiger partial charge in [-0.15, -0.1) is 23.4 Å². The maximum Gasteiger partial charge on any atom is 0.573 e. The number of fused-ring (bicyclic) bond motifs is 1. The van der Waals surface area contributed by atoms with Crippen LogP contribution in [0.4, 0.5) is 19.0 Å². The number of benzene rings is 2. The van der Waals surface area contributed by atoms with Crippen molar-refractivity contribution in [2.24, 2.45) is 0 Å². The minimum Gasteiger partial charge on any atom is -0.507 e. The molecule has 0 radical (unpaired) electrons. The van der Waals surface area contributed by atoms with E-state index in [0.29, 0.717) is 11.5 Å². The van der Waals surface area contributed by atoms with E-state index in [1.54, 1.807) is 0 Å². The molecule has 0 spiro atoms. The number of aromatic hydroxyl groups is 1. The van der Waals surface area contributed by atoms with Crippen LogP contribution < -0.4 is 15.4 Å². The van der Waals surface area contributed by atoms with Crippen molar-refractivity contribution in [1.82, 2.24) is 15.5 Å². The van der Waals surface area contributed by atoms with E-state index in [1.165, 1.54) is 6.07 Å². The number of ether oxygens (including phenoxy) is 1. The largest absolute Gasteiger partial charge is 0.573 e. The molecule has 0 aliphatic carbocycles. The molecule has 1 aliphatic rings. The molecule has 4 rings (SSSR count). The van der Waals surface area contributed by atoms with Crippen LogP contribution >= 0.6 is 0 Å². The summed E-state index contributed by atoms with van der Waals surface area (Å²) < 4.78 is 41.1. The molecule has 2 aromatic carbocycles. The van der Waals surface area contributed by atoms with Crippen LogP contribution in [0.1, 0.15) is 12.8 Å². The molecule has 2 heterocycles. The van der Waals surface area contributed by atoms with Crippen molar-refractivity contribution >= 4 is 16.6 Å². The summed E-state index contributed by atoms with van der Waals surface area (Å²) in [6.07, 6.45) is -2.74. The number of piperidine rings is 1. The number of alkyl halides is 3. The molecule has 1 atom stereocenters. The van der Waals surface area contributed by atoms with Gasteiger partial charge in [0.05, 0.1) is 0 Å². The van der Waals surface area contributed by atoms with Crippen molar-refractivity contribution in [2.45, 2.75) is 25.2 Å². The molecule has 152 valence electrons. The molecular formula is C20H19F3N4O2. The summed E-state index contributed by atoms with van der Waals surface area (Å²) in [6.45, 7) is 1.83. The van der Waals surface area contributed by atoms with Gasteiger partial charge in [-0.25, -0.2) is 0 Å². The van der Waals surface area contributed by atoms with Gasteiger partial charge in [0, 0.05) is 35.0 Å². The number of nitrogens with one attached hydrogen (secondary N) is 2. The van der Waals surface area contributed by atoms with Gasteiger partial charge in [0.25, 0.3) is 0 Å². The number of nitrogens with zero attached hydrogens (tertiary/aromatic N) is 2. The van der Waals surface area contributed by atoms with Crippen LogP contribution in [0, 0.1) is 0 Å². The van der Waals surface area contributed by atoms with Crippen LogP contribution in [-0.4, -0.2) is 40.8 Å². The fourth-order valence-corrected chi connectivity index (χ4v) is 3.49. The van der Waals surface area contributed by atoms with Gasteiger partial charge in [-0.1, -0.05) is 24.3 Å². The third-order valence-corrected chi connectivity index (χ3v) is 4.78. The molecule has 0 saturated carbocycles. The molecule has 0 bridgehead atoms. The highest BCUT2D eigenvalue weighted by molar-refractivity contribution is 6.00. The van der Waals surface area contributed by atoms with Gasteiger partial charge in [0.2, 0.25) is 0 Å². The normalized spacial score (nSPS) is 17.3. The number of rotatable bonds is 4. The van der Waals surface area contributed by atoms with E-state index in [-0.39, 0.29) is 17.4 Å². The van der Waals surface area contributed by atoms with Crippen molar-refractivity contribution in [3.63, 3.8) is 0 Å². The Morgan fingerprint density at radius 2 is 1.90 bits per heavy atom. The number of hydrogen-bond acceptors (Lipinski definition) is 6. The second-order valence-electron chi connectivity index (χ2n) is 6.86. The molecule has 1 aliphatic heterocycles. The lowest BCUT2D eigenvalue weighted by Gasteiger charge is -2.24. The van der Waals surface area contributed by atoms with E-state index in [2.05, 4.69) is 25.6 Å². The predicted octanol–water partition coefficient (Wildman–Crippen LogP) is 4.06. The number of hydrogen-bond donors (Lipinski definition) is 3. The summed E-state index contributed by atoms with van der Waals surface area (Å²) in [5.74, 6) is -0.239. The molecule has 0 amide bonds. The third-order valence-electron chi connectivity index (χ3n) is 4.78. The molecular weight excluding hydrogens is 385 g/mol. The highest BCUT2D eigenvalue weighted by atomic mass is 19.4. The Hall–Kier alpha value is -3.07. The fraction of sp³-hybridized carbons (Fsp3) is 0.300. The summed E-state index contributed by atoms with van der Waals surface area (Å²) >= 11 is 0. The average Bonchev–Trinajstić information content (AvgIpc) is 2.68. The van der Waals surface area contributed by atoms with Crippen LogP contribution in [0.25, 0.3) is 22.0 Å². The van der Waals surface area contributed by atoms with Crippen molar-refractivity contribution < 1.29 is 23.0 Å². The first-order chi connectivity index (χ1) is 13.9. The summed E-state index contributed by atoms with van der Waals surface area (Å²) in [4.78, 5) is 0. The quantitative estimate of drug-likeness (QED) is 0.609. The Morgan fingerprint density at radius 3 is 2.59 bits per heavy atom. The zero-order valence-corrected chi connectivity index (χ0v) is 15.3. The summed E-state index contributed by atoms with van der Waals surface area (Å²) in [6, 6.07) is 11.1. The van der Waals surface area contributed by atoms with Crippen molar-refractivity contribution in [3.8, 4) is 22.8 Å². The Balaban J connectivity index is 1.71. The lowest BCUT2D eigenvalue weighted by Crippen LogP contribution is -2.38. The first kappa shape index (κ1) is 19.3. The zero-order chi connectivity index (χ0) is 20.4. The summed E-state index contributed by atoms with van der Waals surface area (Å²) in [5, 5.41) is 27.1. The van der Waals surface area contributed by atoms with E-state index < -0.39 is 12.1 Å². The second-order valence-corrected chi connectivity index (χ2v) is 6.86. The van der Waals surface area contributed by atoms with Gasteiger partial charge in [-0.3, -0.25) is 0 Å². The van der Waals surface area contributed by atoms with Crippen LogP contribution in [0.15, 0.2) is 42.5 Å². The van der Waals surface area contributed by atoms with Gasteiger partial charge in [-0.05, 0) is 31.5 Å². The molecule has 6 nitrogen and oxygen atoms in total. The Kier molecular flexibility index (Phi) is 5.14. The van der Waals surface area contributed by atoms with Crippen LogP contribution in [0.5, 0.6) is 11.5 Å². The van der Waals surface area contributed by atoms with Gasteiger partial charge >= 0.3 is 6.36 Å². The second kappa shape index (κ2) is 7.75. The van der Waals surface area contributed by atoms with Gasteiger partial charge < -0.3 is 20.5 Å². The first-order valence-corrected chi connectivity index (χ1v) is 9.22. The monoisotopic (exact) mass is 404 g/mol. The van der Waals surface area contributed by atoms with Crippen molar-refractivity contribution in [2.75, 3.05) is 18.4 Å². The van der Waals surface area contributed by atoms with Crippen LogP contribution in [0.3, 0.4) is 0 Å². The molecule has 1 fully saturated rings. The molecule has 1 unspecified atom stereocenters. The molecule has 3 aromatic rings. The van der Waals surface area contributed by atoms with E-state index >= 15 is 0 Å². The van der Waals surface area contributed by atoms with Gasteiger partial charge in [0.15, 0.2) is 5.82 Å². The summed E-state index contributed by atoms with van der Waals surface area (Å²) in [5.41, 5.74) is 0.651. The lowest BCUT2D eigenvalue weighted by atomic mass is 10.0. The number of phenolic OH excluding ortho intramolecular Hbond substituents is 1. The minimum absolute atomic E-state index is 0.236. The fourth-order valence-electron chi connectivity index (χ4n) is 3.49. The van der Waals surface area contributed by atoms with Crippen molar-refractivity contribution in [1.29, 1.82) is 0 Å². The Morgan fingerprint density at radius 1 is 1.10 bits per heavy atom. The molecule has 3 N–H and O–H groups in total. The highest BCUT2D eigenvalue weighted by Gasteiger charge is 2.31. The Labute approximate surface area is 164 Å². The SMILES string of the molecule is Oc1cc(OC(F)(F)F)ccc1-c1nnc(NC2CCCNC2)c2ccccc12. The maximum absolute atomic E-state index is 12.4. The van der Waals surface area contributed by atoms with Gasteiger partial charge in [0.1, 0.15) is 17.2 Å². The maximum atomic E-state index is 12.4. The molecule has 1 aromatic heterocycles. The smallest absolute Gasteiger partial charge is 0.507 e. The predicted molar refractivity (Wildman–Crippen MR) is 103 cm³/mol. The van der Waals surface area contributed by atoms with E-state index in [9.17, 15) is 18.3 Å². The number of halogens is 3. The molecule has 29 heavy (non-hydrogen) atoms. The van der Waals surface area contributed by atoms with E-state index in [4.69, 9.17) is 0 Å². The lowest BCUT2D eigenvalue weighted by molar-refractivity contribution is -0.274. The minimum atomic E-state index is -4.83. The number of anilines is 1. The number of aromatic nitrogens is 2. The van der Waals surface area contributed by atoms with Crippen molar-refractivity contribution in [3.05, 3.63) is 42.5 Å². The van der Waals surface area contributed by atoms with E-state index in [0.717, 1.165) is 48.8 Å².